The summed E-state index contributed by atoms with van der Waals surface area (Å²) in [5, 5.41) is 3.41. The number of aromatic nitrogens is 4. The predicted molar refractivity (Wildman–Crippen MR) is 104 cm³/mol. The van der Waals surface area contributed by atoms with Crippen molar-refractivity contribution < 1.29 is 18.3 Å². The number of amides is 1. The monoisotopic (exact) mass is 402 g/mol. The van der Waals surface area contributed by atoms with E-state index in [0.717, 1.165) is 12.3 Å². The molecule has 152 valence electrons. The zero-order chi connectivity index (χ0) is 20.6. The van der Waals surface area contributed by atoms with Crippen LogP contribution >= 0.6 is 0 Å². The smallest absolute Gasteiger partial charge is 0.303 e. The third kappa shape index (κ3) is 4.02. The third-order valence-electron chi connectivity index (χ3n) is 4.55. The summed E-state index contributed by atoms with van der Waals surface area (Å²) >= 11 is 0. The van der Waals surface area contributed by atoms with E-state index in [9.17, 15) is 13.6 Å². The van der Waals surface area contributed by atoms with Gasteiger partial charge in [0.15, 0.2) is 0 Å². The second-order valence-electron chi connectivity index (χ2n) is 6.89. The van der Waals surface area contributed by atoms with Gasteiger partial charge in [-0.1, -0.05) is 0 Å². The molecule has 0 aliphatic carbocycles. The van der Waals surface area contributed by atoms with Gasteiger partial charge in [0.2, 0.25) is 11.7 Å². The molecule has 4 heterocycles. The summed E-state index contributed by atoms with van der Waals surface area (Å²) in [5.41, 5.74) is 0.681. The van der Waals surface area contributed by atoms with E-state index >= 15 is 0 Å². The number of fused-ring (bicyclic) bond motifs is 1. The number of nitrogens with zero attached hydrogens (tertiary/aromatic N) is 5. The Kier molecular flexibility index (Phi) is 4.87. The van der Waals surface area contributed by atoms with Crippen molar-refractivity contribution in [1.82, 2.24) is 19.5 Å². The van der Waals surface area contributed by atoms with E-state index < -0.39 is 11.7 Å². The van der Waals surface area contributed by atoms with Crippen molar-refractivity contribution in [3.05, 3.63) is 36.4 Å². The molecule has 0 spiro atoms. The van der Waals surface area contributed by atoms with Crippen LogP contribution in [-0.2, 0) is 15.5 Å². The first-order chi connectivity index (χ1) is 13.8. The van der Waals surface area contributed by atoms with Gasteiger partial charge in [-0.3, -0.25) is 4.79 Å². The van der Waals surface area contributed by atoms with E-state index in [-0.39, 0.29) is 5.91 Å². The Morgan fingerprint density at radius 2 is 1.93 bits per heavy atom. The molecule has 3 aromatic heterocycles. The van der Waals surface area contributed by atoms with Crippen molar-refractivity contribution in [2.24, 2.45) is 0 Å². The molecule has 4 rings (SSSR count). The second kappa shape index (κ2) is 7.36. The fourth-order valence-electron chi connectivity index (χ4n) is 3.17. The maximum absolute atomic E-state index is 14.1. The Morgan fingerprint density at radius 1 is 1.21 bits per heavy atom. The molecule has 1 saturated heterocycles. The molecule has 0 unspecified atom stereocenters. The number of carbonyl (C=O) groups excluding carboxylic acids is 1. The number of rotatable bonds is 4. The minimum Gasteiger partial charge on any atom is -0.378 e. The molecule has 0 saturated carbocycles. The summed E-state index contributed by atoms with van der Waals surface area (Å²) in [5.74, 6) is -2.88. The normalized spacial score (nSPS) is 15.0. The average Bonchev–Trinajstić information content (AvgIpc) is 3.10. The number of anilines is 2. The summed E-state index contributed by atoms with van der Waals surface area (Å²) < 4.78 is 35.2. The number of nitrogens with one attached hydrogen (secondary N) is 1. The lowest BCUT2D eigenvalue weighted by Gasteiger charge is -2.28. The largest absolute Gasteiger partial charge is 0.378 e. The van der Waals surface area contributed by atoms with Crippen molar-refractivity contribution in [3.63, 3.8) is 0 Å². The molecule has 0 atom stereocenters. The van der Waals surface area contributed by atoms with Crippen molar-refractivity contribution >= 4 is 28.4 Å². The molecule has 0 bridgehead atoms. The lowest BCUT2D eigenvalue weighted by Crippen LogP contribution is -2.37. The summed E-state index contributed by atoms with van der Waals surface area (Å²) in [6, 6.07) is 5.16. The van der Waals surface area contributed by atoms with Crippen LogP contribution in [0.15, 0.2) is 30.6 Å². The number of hydrogen-bond acceptors (Lipinski definition) is 6. The van der Waals surface area contributed by atoms with Gasteiger partial charge in [0.05, 0.1) is 18.7 Å². The topological polar surface area (TPSA) is 85.2 Å². The molecule has 10 heteroatoms. The molecule has 8 nitrogen and oxygen atoms in total. The molecule has 1 fully saturated rings. The Balaban J connectivity index is 1.84. The highest BCUT2D eigenvalue weighted by atomic mass is 19.3. The van der Waals surface area contributed by atoms with Crippen LogP contribution in [0.25, 0.3) is 16.7 Å². The highest BCUT2D eigenvalue weighted by Gasteiger charge is 2.30. The first-order valence-electron chi connectivity index (χ1n) is 9.16. The van der Waals surface area contributed by atoms with Crippen LogP contribution in [0.4, 0.5) is 20.4 Å². The average molecular weight is 402 g/mol. The molecule has 1 aliphatic heterocycles. The van der Waals surface area contributed by atoms with E-state index in [1.165, 1.54) is 6.92 Å². The van der Waals surface area contributed by atoms with Crippen LogP contribution in [0.5, 0.6) is 0 Å². The van der Waals surface area contributed by atoms with Crippen LogP contribution in [0, 0.1) is 0 Å². The Hall–Kier alpha value is -3.14. The van der Waals surface area contributed by atoms with Gasteiger partial charge in [0.1, 0.15) is 17.5 Å². The van der Waals surface area contributed by atoms with Crippen molar-refractivity contribution in [1.29, 1.82) is 0 Å². The molecule has 1 N–H and O–H groups in total. The SMILES string of the molecule is CC(=O)Nc1cc2c(ccn2-c2cc(N3CCOCC3)nc(C(C)(F)F)n2)cn1. The van der Waals surface area contributed by atoms with E-state index in [1.807, 2.05) is 4.90 Å². The number of morpholine rings is 1. The quantitative estimate of drug-likeness (QED) is 0.722. The molecule has 1 aliphatic rings. The Morgan fingerprint density at radius 3 is 2.62 bits per heavy atom. The van der Waals surface area contributed by atoms with E-state index in [2.05, 4.69) is 20.3 Å². The highest BCUT2D eigenvalue weighted by molar-refractivity contribution is 5.91. The number of carbonyl (C=O) groups is 1. The first-order valence-corrected chi connectivity index (χ1v) is 9.16. The molecule has 29 heavy (non-hydrogen) atoms. The highest BCUT2D eigenvalue weighted by Crippen LogP contribution is 2.29. The predicted octanol–water partition coefficient (Wildman–Crippen LogP) is 2.72. The maximum Gasteiger partial charge on any atom is 0.303 e. The van der Waals surface area contributed by atoms with E-state index in [1.54, 1.807) is 35.2 Å². The third-order valence-corrected chi connectivity index (χ3v) is 4.55. The maximum atomic E-state index is 14.1. The van der Waals surface area contributed by atoms with Gasteiger partial charge in [0, 0.05) is 56.8 Å². The van der Waals surface area contributed by atoms with Gasteiger partial charge in [-0.05, 0) is 6.07 Å². The molecular formula is C19H20F2N6O2. The first kappa shape index (κ1) is 19.2. The second-order valence-corrected chi connectivity index (χ2v) is 6.89. The minimum absolute atomic E-state index is 0.250. The van der Waals surface area contributed by atoms with Crippen molar-refractivity contribution in [2.75, 3.05) is 36.5 Å². The van der Waals surface area contributed by atoms with Gasteiger partial charge in [-0.25, -0.2) is 15.0 Å². The Labute approximate surface area is 165 Å². The van der Waals surface area contributed by atoms with Gasteiger partial charge < -0.3 is 19.5 Å². The molecule has 3 aromatic rings. The zero-order valence-electron chi connectivity index (χ0n) is 16.0. The fourth-order valence-corrected chi connectivity index (χ4v) is 3.17. The fraction of sp³-hybridized carbons (Fsp3) is 0.368. The van der Waals surface area contributed by atoms with Crippen LogP contribution in [-0.4, -0.2) is 51.7 Å². The lowest BCUT2D eigenvalue weighted by atomic mass is 10.3. The molecule has 0 aromatic carbocycles. The van der Waals surface area contributed by atoms with Gasteiger partial charge in [0.25, 0.3) is 0 Å². The zero-order valence-corrected chi connectivity index (χ0v) is 16.0. The molecule has 0 radical (unpaired) electrons. The molecule has 1 amide bonds. The number of halogens is 2. The number of ether oxygens (including phenoxy) is 1. The lowest BCUT2D eigenvalue weighted by molar-refractivity contribution is -0.114. The van der Waals surface area contributed by atoms with Crippen LogP contribution in [0.3, 0.4) is 0 Å². The minimum atomic E-state index is -3.19. The van der Waals surface area contributed by atoms with Crippen LogP contribution in [0.2, 0.25) is 0 Å². The summed E-state index contributed by atoms with van der Waals surface area (Å²) in [6.07, 6.45) is 3.34. The van der Waals surface area contributed by atoms with Crippen LogP contribution in [0.1, 0.15) is 19.7 Å². The summed E-state index contributed by atoms with van der Waals surface area (Å²) in [4.78, 5) is 25.6. The number of hydrogen-bond donors (Lipinski definition) is 1. The van der Waals surface area contributed by atoms with E-state index in [4.69, 9.17) is 4.74 Å². The van der Waals surface area contributed by atoms with Crippen molar-refractivity contribution in [3.8, 4) is 5.82 Å². The number of alkyl halides is 2. The van der Waals surface area contributed by atoms with Gasteiger partial charge in [-0.15, -0.1) is 0 Å². The summed E-state index contributed by atoms with van der Waals surface area (Å²) in [6.45, 7) is 4.31. The standard InChI is InChI=1S/C19H20F2N6O2/c1-12(28)23-15-9-14-13(11-22-15)3-4-27(14)17-10-16(26-5-7-29-8-6-26)24-18(25-17)19(2,20)21/h3-4,9-11H,5-8H2,1-2H3,(H,22,23,28). The van der Waals surface area contributed by atoms with Crippen LogP contribution < -0.4 is 10.2 Å². The van der Waals surface area contributed by atoms with E-state index in [0.29, 0.717) is 49.3 Å². The van der Waals surface area contributed by atoms with Crippen molar-refractivity contribution in [2.45, 2.75) is 19.8 Å². The van der Waals surface area contributed by atoms with Gasteiger partial charge in [-0.2, -0.15) is 8.78 Å². The number of pyridine rings is 1. The van der Waals surface area contributed by atoms with Gasteiger partial charge >= 0.3 is 5.92 Å². The Bertz CT molecular complexity index is 1060. The summed E-state index contributed by atoms with van der Waals surface area (Å²) in [7, 11) is 0. The molecular weight excluding hydrogens is 382 g/mol.